The van der Waals surface area contributed by atoms with Gasteiger partial charge in [0.1, 0.15) is 0 Å². The van der Waals surface area contributed by atoms with Crippen LogP contribution in [0.1, 0.15) is 54.4 Å². The number of allylic oxidation sites excluding steroid dienone is 1. The highest BCUT2D eigenvalue weighted by Gasteiger charge is 2.42. The van der Waals surface area contributed by atoms with Crippen LogP contribution in [0.15, 0.2) is 48.5 Å². The van der Waals surface area contributed by atoms with Crippen LogP contribution < -0.4 is 0 Å². The second-order valence-corrected chi connectivity index (χ2v) is 6.65. The first-order valence-corrected chi connectivity index (χ1v) is 8.18. The van der Waals surface area contributed by atoms with Crippen LogP contribution in [0.3, 0.4) is 0 Å². The van der Waals surface area contributed by atoms with Gasteiger partial charge in [-0.25, -0.2) is 0 Å². The van der Waals surface area contributed by atoms with Crippen molar-refractivity contribution in [1.82, 2.24) is 0 Å². The first kappa shape index (κ1) is 12.9. The van der Waals surface area contributed by atoms with Crippen LogP contribution in [0.4, 0.5) is 0 Å². The molecule has 2 aromatic carbocycles. The van der Waals surface area contributed by atoms with Crippen molar-refractivity contribution in [3.05, 3.63) is 70.8 Å². The smallest absolute Gasteiger partial charge is 0.0215 e. The summed E-state index contributed by atoms with van der Waals surface area (Å²) in [5.41, 5.74) is 7.61. The maximum atomic E-state index is 2.45. The second-order valence-electron chi connectivity index (χ2n) is 6.65. The molecule has 0 aromatic heterocycles. The molecule has 2 aromatic rings. The van der Waals surface area contributed by atoms with E-state index in [-0.39, 0.29) is 5.41 Å². The summed E-state index contributed by atoms with van der Waals surface area (Å²) in [5.74, 6) is 0. The van der Waals surface area contributed by atoms with E-state index in [4.69, 9.17) is 0 Å². The molecule has 0 unspecified atom stereocenters. The van der Waals surface area contributed by atoms with Crippen molar-refractivity contribution in [3.63, 3.8) is 0 Å². The normalized spacial score (nSPS) is 19.4. The monoisotopic (exact) mass is 274 g/mol. The fourth-order valence-corrected chi connectivity index (χ4v) is 4.28. The Morgan fingerprint density at radius 2 is 1.52 bits per heavy atom. The lowest BCUT2D eigenvalue weighted by Crippen LogP contribution is -2.28. The molecule has 0 heterocycles. The lowest BCUT2D eigenvalue weighted by molar-refractivity contribution is 0.372. The van der Waals surface area contributed by atoms with E-state index in [1.165, 1.54) is 48.8 Å². The highest BCUT2D eigenvalue weighted by Crippen LogP contribution is 2.54. The highest BCUT2D eigenvalue weighted by atomic mass is 14.4. The van der Waals surface area contributed by atoms with E-state index in [9.17, 15) is 0 Å². The molecule has 1 spiro atoms. The number of hydrogen-bond acceptors (Lipinski definition) is 0. The second kappa shape index (κ2) is 4.87. The quantitative estimate of drug-likeness (QED) is 0.621. The Labute approximate surface area is 127 Å². The average Bonchev–Trinajstić information content (AvgIpc) is 2.84. The number of fused-ring (bicyclic) bond motifs is 2. The SMILES string of the molecule is Cc1ccc(C2=Cc3ccccc3C23CCCCC3)cc1. The van der Waals surface area contributed by atoms with Crippen molar-refractivity contribution in [1.29, 1.82) is 0 Å². The van der Waals surface area contributed by atoms with Crippen LogP contribution in [0.2, 0.25) is 0 Å². The zero-order valence-electron chi connectivity index (χ0n) is 12.7. The fraction of sp³-hybridized carbons (Fsp3) is 0.333. The third-order valence-electron chi connectivity index (χ3n) is 5.36. The van der Waals surface area contributed by atoms with Gasteiger partial charge < -0.3 is 0 Å². The molecule has 4 rings (SSSR count). The van der Waals surface area contributed by atoms with Crippen molar-refractivity contribution in [2.75, 3.05) is 0 Å². The van der Waals surface area contributed by atoms with Crippen LogP contribution in [0, 0.1) is 6.92 Å². The highest BCUT2D eigenvalue weighted by molar-refractivity contribution is 5.94. The van der Waals surface area contributed by atoms with Crippen LogP contribution in [0.25, 0.3) is 11.6 Å². The average molecular weight is 274 g/mol. The molecule has 0 aliphatic heterocycles. The molecule has 0 amide bonds. The van der Waals surface area contributed by atoms with E-state index >= 15 is 0 Å². The van der Waals surface area contributed by atoms with Crippen molar-refractivity contribution >= 4 is 11.6 Å². The number of rotatable bonds is 1. The summed E-state index contributed by atoms with van der Waals surface area (Å²) < 4.78 is 0. The summed E-state index contributed by atoms with van der Waals surface area (Å²) in [5, 5.41) is 0. The van der Waals surface area contributed by atoms with Gasteiger partial charge in [-0.05, 0) is 48.1 Å². The number of aryl methyl sites for hydroxylation is 1. The van der Waals surface area contributed by atoms with E-state index in [2.05, 4.69) is 61.5 Å². The predicted molar refractivity (Wildman–Crippen MR) is 90.3 cm³/mol. The molecule has 2 aliphatic carbocycles. The molecular formula is C21H22. The molecule has 2 aliphatic rings. The van der Waals surface area contributed by atoms with Gasteiger partial charge >= 0.3 is 0 Å². The Kier molecular flexibility index (Phi) is 2.99. The molecule has 1 saturated carbocycles. The molecule has 0 saturated heterocycles. The zero-order valence-corrected chi connectivity index (χ0v) is 12.7. The summed E-state index contributed by atoms with van der Waals surface area (Å²) in [6.07, 6.45) is 9.18. The van der Waals surface area contributed by atoms with Gasteiger partial charge in [-0.1, -0.05) is 73.4 Å². The van der Waals surface area contributed by atoms with Gasteiger partial charge in [0, 0.05) is 5.41 Å². The van der Waals surface area contributed by atoms with Gasteiger partial charge in [-0.2, -0.15) is 0 Å². The molecule has 21 heavy (non-hydrogen) atoms. The molecule has 0 atom stereocenters. The minimum atomic E-state index is 0.282. The minimum absolute atomic E-state index is 0.282. The molecule has 0 nitrogen and oxygen atoms in total. The number of benzene rings is 2. The first-order chi connectivity index (χ1) is 10.3. The van der Waals surface area contributed by atoms with Gasteiger partial charge in [-0.15, -0.1) is 0 Å². The molecule has 0 radical (unpaired) electrons. The van der Waals surface area contributed by atoms with Crippen molar-refractivity contribution < 1.29 is 0 Å². The summed E-state index contributed by atoms with van der Waals surface area (Å²) in [4.78, 5) is 0. The summed E-state index contributed by atoms with van der Waals surface area (Å²) >= 11 is 0. The van der Waals surface area contributed by atoms with Gasteiger partial charge in [0.15, 0.2) is 0 Å². The van der Waals surface area contributed by atoms with Crippen LogP contribution in [-0.2, 0) is 5.41 Å². The van der Waals surface area contributed by atoms with E-state index in [0.717, 1.165) is 0 Å². The molecule has 1 fully saturated rings. The Hall–Kier alpha value is -1.82. The van der Waals surface area contributed by atoms with E-state index in [1.54, 1.807) is 11.1 Å². The molecule has 0 N–H and O–H groups in total. The van der Waals surface area contributed by atoms with Gasteiger partial charge in [0.25, 0.3) is 0 Å². The van der Waals surface area contributed by atoms with Crippen molar-refractivity contribution in [3.8, 4) is 0 Å². The standard InChI is InChI=1S/C21H22/c1-16-9-11-17(12-10-16)20-15-18-7-3-4-8-19(18)21(20)13-5-2-6-14-21/h3-4,7-12,15H,2,5-6,13-14H2,1H3. The van der Waals surface area contributed by atoms with Gasteiger partial charge in [0.05, 0.1) is 0 Å². The third kappa shape index (κ3) is 1.97. The molecule has 0 bridgehead atoms. The van der Waals surface area contributed by atoms with Gasteiger partial charge in [-0.3, -0.25) is 0 Å². The van der Waals surface area contributed by atoms with E-state index in [1.807, 2.05) is 0 Å². The van der Waals surface area contributed by atoms with Gasteiger partial charge in [0.2, 0.25) is 0 Å². The summed E-state index contributed by atoms with van der Waals surface area (Å²) in [7, 11) is 0. The Morgan fingerprint density at radius 1 is 0.810 bits per heavy atom. The Bertz CT molecular complexity index is 682. The molecule has 0 heteroatoms. The third-order valence-corrected chi connectivity index (χ3v) is 5.36. The maximum absolute atomic E-state index is 2.45. The van der Waals surface area contributed by atoms with E-state index in [0.29, 0.717) is 0 Å². The predicted octanol–water partition coefficient (Wildman–Crippen LogP) is 5.75. The zero-order chi connectivity index (χ0) is 14.3. The lowest BCUT2D eigenvalue weighted by Gasteiger charge is -2.38. The first-order valence-electron chi connectivity index (χ1n) is 8.18. The summed E-state index contributed by atoms with van der Waals surface area (Å²) in [6.45, 7) is 2.16. The fourth-order valence-electron chi connectivity index (χ4n) is 4.28. The Morgan fingerprint density at radius 3 is 2.29 bits per heavy atom. The summed E-state index contributed by atoms with van der Waals surface area (Å²) in [6, 6.07) is 18.1. The lowest BCUT2D eigenvalue weighted by atomic mass is 9.65. The van der Waals surface area contributed by atoms with Crippen LogP contribution in [-0.4, -0.2) is 0 Å². The molecule has 106 valence electrons. The maximum Gasteiger partial charge on any atom is 0.0215 e. The van der Waals surface area contributed by atoms with E-state index < -0.39 is 0 Å². The topological polar surface area (TPSA) is 0 Å². The van der Waals surface area contributed by atoms with Crippen molar-refractivity contribution in [2.24, 2.45) is 0 Å². The number of hydrogen-bond donors (Lipinski definition) is 0. The van der Waals surface area contributed by atoms with Crippen molar-refractivity contribution in [2.45, 2.75) is 44.4 Å². The van der Waals surface area contributed by atoms with Crippen LogP contribution >= 0.6 is 0 Å². The molecular weight excluding hydrogens is 252 g/mol. The largest absolute Gasteiger partial charge is 0.0619 e. The Balaban J connectivity index is 1.87. The minimum Gasteiger partial charge on any atom is -0.0619 e. The van der Waals surface area contributed by atoms with Crippen LogP contribution in [0.5, 0.6) is 0 Å².